The lowest BCUT2D eigenvalue weighted by Crippen LogP contribution is -2.19. The second-order valence-electron chi connectivity index (χ2n) is 8.87. The first-order valence-corrected chi connectivity index (χ1v) is 14.9. The number of fused-ring (bicyclic) bond motifs is 1. The number of hydrogen-bond acceptors (Lipinski definition) is 5. The van der Waals surface area contributed by atoms with E-state index in [1.54, 1.807) is 42.5 Å². The van der Waals surface area contributed by atoms with Gasteiger partial charge < -0.3 is 14.5 Å². The van der Waals surface area contributed by atoms with Crippen LogP contribution in [-0.2, 0) is 0 Å². The molecule has 5 rings (SSSR count). The summed E-state index contributed by atoms with van der Waals surface area (Å²) in [5.74, 6) is -0.275. The number of hydrogen-bond donors (Lipinski definition) is 2. The van der Waals surface area contributed by atoms with E-state index < -0.39 is 11.9 Å². The van der Waals surface area contributed by atoms with Gasteiger partial charge in [-0.2, -0.15) is 5.10 Å². The van der Waals surface area contributed by atoms with Crippen LogP contribution in [0, 0.1) is 0 Å². The Balaban J connectivity index is 1.47. The van der Waals surface area contributed by atoms with Crippen molar-refractivity contribution in [2.45, 2.75) is 6.92 Å². The van der Waals surface area contributed by atoms with Crippen LogP contribution in [0.4, 0.5) is 0 Å². The zero-order chi connectivity index (χ0) is 29.8. The second-order valence-corrected chi connectivity index (χ2v) is 11.5. The van der Waals surface area contributed by atoms with Gasteiger partial charge in [-0.05, 0) is 71.4 Å². The van der Waals surface area contributed by atoms with Crippen LogP contribution < -0.4 is 14.9 Å². The number of hydrazone groups is 1. The van der Waals surface area contributed by atoms with E-state index in [1.807, 2.05) is 43.3 Å². The third-order valence-corrected chi connectivity index (χ3v) is 7.85. The van der Waals surface area contributed by atoms with Crippen LogP contribution >= 0.6 is 55.1 Å². The lowest BCUT2D eigenvalue weighted by Gasteiger charge is -2.11. The number of ether oxygens (including phenoxy) is 2. The molecule has 212 valence electrons. The Morgan fingerprint density at radius 3 is 2.45 bits per heavy atom. The molecule has 0 aliphatic rings. The highest BCUT2D eigenvalue weighted by molar-refractivity contribution is 9.11. The first-order valence-electron chi connectivity index (χ1n) is 12.6. The Morgan fingerprint density at radius 2 is 1.71 bits per heavy atom. The molecule has 0 aliphatic carbocycles. The molecule has 0 aliphatic heterocycles. The highest BCUT2D eigenvalue weighted by Crippen LogP contribution is 2.38. The maximum atomic E-state index is 13.5. The van der Waals surface area contributed by atoms with Gasteiger partial charge >= 0.3 is 5.97 Å². The first-order chi connectivity index (χ1) is 20.3. The van der Waals surface area contributed by atoms with Gasteiger partial charge in [0.1, 0.15) is 11.4 Å². The van der Waals surface area contributed by atoms with E-state index in [1.165, 1.54) is 6.21 Å². The molecule has 0 saturated carbocycles. The van der Waals surface area contributed by atoms with Crippen molar-refractivity contribution < 1.29 is 19.1 Å². The Morgan fingerprint density at radius 1 is 0.976 bits per heavy atom. The molecule has 7 nitrogen and oxygen atoms in total. The number of benzene rings is 4. The van der Waals surface area contributed by atoms with Crippen LogP contribution in [-0.4, -0.2) is 29.7 Å². The molecule has 1 amide bonds. The number of esters is 1. The van der Waals surface area contributed by atoms with Crippen molar-refractivity contribution in [1.82, 2.24) is 10.4 Å². The lowest BCUT2D eigenvalue weighted by molar-refractivity contribution is 0.0733. The topological polar surface area (TPSA) is 92.8 Å². The molecule has 0 saturated heterocycles. The van der Waals surface area contributed by atoms with Crippen molar-refractivity contribution in [2.24, 2.45) is 5.10 Å². The monoisotopic (exact) mass is 727 g/mol. The number of nitrogens with zero attached hydrogens (tertiary/aromatic N) is 1. The SMILES string of the molecule is CCOc1ccc2[nH]c(C(=O)NN=Cc3cc(Br)cc(Br)c3OC(=O)c3ccccc3Cl)c(-c3ccccc3Cl)c2c1. The Kier molecular flexibility index (Phi) is 9.33. The Labute approximate surface area is 268 Å². The minimum Gasteiger partial charge on any atom is -0.494 e. The summed E-state index contributed by atoms with van der Waals surface area (Å²) < 4.78 is 12.6. The number of H-pyrrole nitrogens is 1. The fourth-order valence-electron chi connectivity index (χ4n) is 4.32. The molecule has 0 atom stereocenters. The molecule has 0 radical (unpaired) electrons. The van der Waals surface area contributed by atoms with Gasteiger partial charge in [0.25, 0.3) is 5.91 Å². The summed E-state index contributed by atoms with van der Waals surface area (Å²) in [7, 11) is 0. The molecule has 2 N–H and O–H groups in total. The summed E-state index contributed by atoms with van der Waals surface area (Å²) >= 11 is 19.6. The summed E-state index contributed by atoms with van der Waals surface area (Å²) in [6, 6.07) is 22.8. The molecule has 5 aromatic rings. The molecule has 0 fully saturated rings. The molecular formula is C31H21Br2Cl2N3O4. The van der Waals surface area contributed by atoms with Crippen molar-refractivity contribution >= 4 is 84.1 Å². The summed E-state index contributed by atoms with van der Waals surface area (Å²) in [6.07, 6.45) is 1.38. The van der Waals surface area contributed by atoms with E-state index in [9.17, 15) is 9.59 Å². The molecule has 0 spiro atoms. The molecule has 1 aromatic heterocycles. The van der Waals surface area contributed by atoms with Crippen LogP contribution in [0.5, 0.6) is 11.5 Å². The largest absolute Gasteiger partial charge is 0.494 e. The van der Waals surface area contributed by atoms with Crippen molar-refractivity contribution in [3.05, 3.63) is 115 Å². The van der Waals surface area contributed by atoms with E-state index in [2.05, 4.69) is 47.4 Å². The molecule has 4 aromatic carbocycles. The average molecular weight is 730 g/mol. The lowest BCUT2D eigenvalue weighted by atomic mass is 10.0. The maximum absolute atomic E-state index is 13.5. The van der Waals surface area contributed by atoms with Crippen LogP contribution in [0.1, 0.15) is 33.3 Å². The number of amides is 1. The Hall–Kier alpha value is -3.63. The number of carbonyl (C=O) groups is 2. The van der Waals surface area contributed by atoms with Gasteiger partial charge in [-0.15, -0.1) is 0 Å². The van der Waals surface area contributed by atoms with E-state index in [0.717, 1.165) is 10.9 Å². The third-order valence-electron chi connectivity index (χ3n) is 6.15. The number of nitrogens with one attached hydrogen (secondary N) is 2. The maximum Gasteiger partial charge on any atom is 0.345 e. The Bertz CT molecular complexity index is 1860. The van der Waals surface area contributed by atoms with Gasteiger partial charge in [-0.25, -0.2) is 10.2 Å². The summed E-state index contributed by atoms with van der Waals surface area (Å²) in [6.45, 7) is 2.40. The second kappa shape index (κ2) is 13.1. The highest BCUT2D eigenvalue weighted by atomic mass is 79.9. The zero-order valence-corrected chi connectivity index (χ0v) is 26.6. The van der Waals surface area contributed by atoms with Gasteiger partial charge in [0.2, 0.25) is 0 Å². The minimum atomic E-state index is -0.642. The average Bonchev–Trinajstić information content (AvgIpc) is 3.34. The van der Waals surface area contributed by atoms with E-state index >= 15 is 0 Å². The van der Waals surface area contributed by atoms with Gasteiger partial charge in [0.15, 0.2) is 5.75 Å². The van der Waals surface area contributed by atoms with E-state index in [-0.39, 0.29) is 22.0 Å². The van der Waals surface area contributed by atoms with Crippen LogP contribution in [0.2, 0.25) is 10.0 Å². The minimum absolute atomic E-state index is 0.201. The quantitative estimate of drug-likeness (QED) is 0.0722. The zero-order valence-electron chi connectivity index (χ0n) is 21.9. The van der Waals surface area contributed by atoms with E-state index in [0.29, 0.717) is 43.0 Å². The number of aromatic amines is 1. The molecule has 0 bridgehead atoms. The van der Waals surface area contributed by atoms with E-state index in [4.69, 9.17) is 32.7 Å². The number of carbonyl (C=O) groups excluding carboxylic acids is 2. The first kappa shape index (κ1) is 29.8. The number of halogens is 4. The predicted octanol–water partition coefficient (Wildman–Crippen LogP) is 9.05. The van der Waals surface area contributed by atoms with Gasteiger partial charge in [-0.1, -0.05) is 69.5 Å². The fourth-order valence-corrected chi connectivity index (χ4v) is 6.10. The summed E-state index contributed by atoms with van der Waals surface area (Å²) in [5.41, 5.74) is 5.49. The molecule has 0 unspecified atom stereocenters. The normalized spacial score (nSPS) is 11.2. The summed E-state index contributed by atoms with van der Waals surface area (Å²) in [5, 5.41) is 5.69. The molecule has 11 heteroatoms. The fraction of sp³-hybridized carbons (Fsp3) is 0.0645. The van der Waals surface area contributed by atoms with Crippen LogP contribution in [0.3, 0.4) is 0 Å². The summed E-state index contributed by atoms with van der Waals surface area (Å²) in [4.78, 5) is 29.5. The van der Waals surface area contributed by atoms with Crippen molar-refractivity contribution in [1.29, 1.82) is 0 Å². The van der Waals surface area contributed by atoms with Crippen molar-refractivity contribution in [2.75, 3.05) is 6.61 Å². The molecule has 42 heavy (non-hydrogen) atoms. The van der Waals surface area contributed by atoms with Crippen LogP contribution in [0.25, 0.3) is 22.0 Å². The number of rotatable bonds is 8. The van der Waals surface area contributed by atoms with Crippen molar-refractivity contribution in [3.8, 4) is 22.6 Å². The van der Waals surface area contributed by atoms with Gasteiger partial charge in [0.05, 0.1) is 27.9 Å². The predicted molar refractivity (Wildman–Crippen MR) is 173 cm³/mol. The van der Waals surface area contributed by atoms with Gasteiger partial charge in [0, 0.05) is 37.1 Å². The molecule has 1 heterocycles. The third kappa shape index (κ3) is 6.39. The van der Waals surface area contributed by atoms with Crippen LogP contribution in [0.15, 0.2) is 92.9 Å². The van der Waals surface area contributed by atoms with Gasteiger partial charge in [-0.3, -0.25) is 4.79 Å². The smallest absolute Gasteiger partial charge is 0.345 e. The van der Waals surface area contributed by atoms with Crippen molar-refractivity contribution in [3.63, 3.8) is 0 Å². The standard InChI is InChI=1S/C31H21Br2Cl2N3O4/c1-2-41-19-11-12-26-22(15-19)27(20-7-3-5-9-24(20)34)28(37-26)30(39)38-36-16-17-13-18(32)14-23(33)29(17)42-31(40)21-8-4-6-10-25(21)35/h3-16,37H,2H2,1H3,(H,38,39). The highest BCUT2D eigenvalue weighted by Gasteiger charge is 2.22. The number of aromatic nitrogens is 1. The molecular weight excluding hydrogens is 709 g/mol.